The molecule has 0 aliphatic rings. The Bertz CT molecular complexity index is 406. The van der Waals surface area contributed by atoms with Gasteiger partial charge in [-0.15, -0.1) is 12.4 Å². The summed E-state index contributed by atoms with van der Waals surface area (Å²) in [7, 11) is 1.62. The van der Waals surface area contributed by atoms with Crippen LogP contribution >= 0.6 is 12.4 Å². The lowest BCUT2D eigenvalue weighted by atomic mass is 10.1. The van der Waals surface area contributed by atoms with Crippen LogP contribution in [0.3, 0.4) is 0 Å². The summed E-state index contributed by atoms with van der Waals surface area (Å²) < 4.78 is 0. The number of anilines is 1. The third-order valence-electron chi connectivity index (χ3n) is 3.21. The molecular weight excluding hydrogens is 286 g/mol. The maximum atomic E-state index is 11.3. The van der Waals surface area contributed by atoms with E-state index in [1.54, 1.807) is 7.05 Å². The van der Waals surface area contributed by atoms with Gasteiger partial charge < -0.3 is 15.5 Å². The first kappa shape index (κ1) is 19.7. The fraction of sp³-hybridized carbons (Fsp3) is 0.562. The van der Waals surface area contributed by atoms with Crippen LogP contribution in [0.25, 0.3) is 0 Å². The smallest absolute Gasteiger partial charge is 0.318 e. The first-order valence-electron chi connectivity index (χ1n) is 7.49. The number of amides is 2. The van der Waals surface area contributed by atoms with Crippen LogP contribution in [0, 0.1) is 0 Å². The van der Waals surface area contributed by atoms with Gasteiger partial charge in [0.15, 0.2) is 0 Å². The molecule has 1 aromatic carbocycles. The molecule has 5 heteroatoms. The van der Waals surface area contributed by atoms with E-state index >= 15 is 0 Å². The summed E-state index contributed by atoms with van der Waals surface area (Å²) in [6.45, 7) is 7.83. The van der Waals surface area contributed by atoms with Crippen molar-refractivity contribution in [3.8, 4) is 0 Å². The average molecular weight is 314 g/mol. The van der Waals surface area contributed by atoms with E-state index < -0.39 is 0 Å². The quantitative estimate of drug-likeness (QED) is 0.771. The summed E-state index contributed by atoms with van der Waals surface area (Å²) in [5, 5.41) is 5.36. The van der Waals surface area contributed by atoms with Gasteiger partial charge in [-0.05, 0) is 50.0 Å². The molecule has 0 radical (unpaired) electrons. The van der Waals surface area contributed by atoms with Crippen molar-refractivity contribution in [3.05, 3.63) is 29.8 Å². The normalized spacial score (nSPS) is 10.1. The molecule has 0 atom stereocenters. The molecule has 0 bridgehead atoms. The first-order chi connectivity index (χ1) is 9.69. The Balaban J connectivity index is 0.00000400. The molecular formula is C16H28ClN3O. The Morgan fingerprint density at radius 3 is 2.38 bits per heavy atom. The topological polar surface area (TPSA) is 44.4 Å². The van der Waals surface area contributed by atoms with Crippen LogP contribution in [0.4, 0.5) is 10.5 Å². The molecule has 1 aromatic rings. The highest BCUT2D eigenvalue weighted by atomic mass is 35.5. The van der Waals surface area contributed by atoms with Crippen molar-refractivity contribution in [1.82, 2.24) is 10.2 Å². The maximum Gasteiger partial charge on any atom is 0.318 e. The highest BCUT2D eigenvalue weighted by molar-refractivity contribution is 5.89. The van der Waals surface area contributed by atoms with Crippen LogP contribution in [-0.2, 0) is 6.42 Å². The van der Waals surface area contributed by atoms with E-state index in [-0.39, 0.29) is 18.4 Å². The predicted molar refractivity (Wildman–Crippen MR) is 92.5 cm³/mol. The van der Waals surface area contributed by atoms with Gasteiger partial charge in [-0.1, -0.05) is 26.0 Å². The van der Waals surface area contributed by atoms with Gasteiger partial charge in [0.05, 0.1) is 0 Å². The molecule has 0 saturated heterocycles. The summed E-state index contributed by atoms with van der Waals surface area (Å²) in [6, 6.07) is 7.89. The van der Waals surface area contributed by atoms with Crippen LogP contribution in [-0.4, -0.2) is 37.6 Å². The van der Waals surface area contributed by atoms with Crippen LogP contribution in [0.15, 0.2) is 24.3 Å². The molecule has 0 saturated carbocycles. The Labute approximate surface area is 134 Å². The lowest BCUT2D eigenvalue weighted by Crippen LogP contribution is -2.27. The van der Waals surface area contributed by atoms with Gasteiger partial charge in [-0.25, -0.2) is 4.79 Å². The number of hydrogen-bond acceptors (Lipinski definition) is 2. The van der Waals surface area contributed by atoms with Crippen molar-refractivity contribution in [2.75, 3.05) is 32.0 Å². The zero-order valence-electron chi connectivity index (χ0n) is 13.3. The second kappa shape index (κ2) is 11.4. The third kappa shape index (κ3) is 7.93. The number of carbonyl (C=O) groups excluding carboxylic acids is 1. The van der Waals surface area contributed by atoms with Crippen molar-refractivity contribution in [2.24, 2.45) is 0 Å². The van der Waals surface area contributed by atoms with Crippen molar-refractivity contribution < 1.29 is 4.79 Å². The number of nitrogens with one attached hydrogen (secondary N) is 2. The largest absolute Gasteiger partial charge is 0.341 e. The minimum atomic E-state index is -0.180. The van der Waals surface area contributed by atoms with Crippen molar-refractivity contribution in [2.45, 2.75) is 33.1 Å². The van der Waals surface area contributed by atoms with Gasteiger partial charge in [0.1, 0.15) is 0 Å². The number of urea groups is 1. The number of rotatable bonds is 8. The highest BCUT2D eigenvalue weighted by Gasteiger charge is 2.04. The summed E-state index contributed by atoms with van der Waals surface area (Å²) in [5.41, 5.74) is 2.11. The fourth-order valence-electron chi connectivity index (χ4n) is 2.25. The van der Waals surface area contributed by atoms with Crippen LogP contribution in [0.2, 0.25) is 0 Å². The number of carbonyl (C=O) groups is 1. The molecule has 0 heterocycles. The molecule has 0 spiro atoms. The molecule has 0 fully saturated rings. The Hall–Kier alpha value is -1.26. The van der Waals surface area contributed by atoms with E-state index in [1.807, 2.05) is 18.2 Å². The summed E-state index contributed by atoms with van der Waals surface area (Å²) >= 11 is 0. The second-order valence-electron chi connectivity index (χ2n) is 5.00. The number of benzene rings is 1. The SMILES string of the molecule is CCCN(CCC)CCc1cccc(NC(=O)NC)c1.Cl. The van der Waals surface area contributed by atoms with E-state index in [4.69, 9.17) is 0 Å². The summed E-state index contributed by atoms with van der Waals surface area (Å²) in [6.07, 6.45) is 3.40. The third-order valence-corrected chi connectivity index (χ3v) is 3.21. The molecule has 4 nitrogen and oxygen atoms in total. The van der Waals surface area contributed by atoms with Gasteiger partial charge in [0, 0.05) is 19.3 Å². The van der Waals surface area contributed by atoms with E-state index in [2.05, 4.69) is 35.4 Å². The predicted octanol–water partition coefficient (Wildman–Crippen LogP) is 3.52. The Morgan fingerprint density at radius 2 is 1.81 bits per heavy atom. The first-order valence-corrected chi connectivity index (χ1v) is 7.49. The molecule has 0 aromatic heterocycles. The monoisotopic (exact) mass is 313 g/mol. The average Bonchev–Trinajstić information content (AvgIpc) is 2.45. The number of hydrogen-bond donors (Lipinski definition) is 2. The lowest BCUT2D eigenvalue weighted by molar-refractivity contribution is 0.254. The zero-order valence-corrected chi connectivity index (χ0v) is 14.1. The molecule has 1 rings (SSSR count). The minimum absolute atomic E-state index is 0. The molecule has 2 amide bonds. The van der Waals surface area contributed by atoms with Crippen LogP contribution < -0.4 is 10.6 Å². The number of halogens is 1. The van der Waals surface area contributed by atoms with E-state index in [0.29, 0.717) is 0 Å². The Morgan fingerprint density at radius 1 is 1.14 bits per heavy atom. The van der Waals surface area contributed by atoms with E-state index in [0.717, 1.165) is 31.7 Å². The summed E-state index contributed by atoms with van der Waals surface area (Å²) in [5.74, 6) is 0. The van der Waals surface area contributed by atoms with E-state index in [9.17, 15) is 4.79 Å². The molecule has 120 valence electrons. The van der Waals surface area contributed by atoms with E-state index in [1.165, 1.54) is 18.4 Å². The van der Waals surface area contributed by atoms with Crippen molar-refractivity contribution >= 4 is 24.1 Å². The Kier molecular flexibility index (Phi) is 10.7. The molecule has 0 unspecified atom stereocenters. The number of nitrogens with zero attached hydrogens (tertiary/aromatic N) is 1. The highest BCUT2D eigenvalue weighted by Crippen LogP contribution is 2.11. The van der Waals surface area contributed by atoms with Gasteiger partial charge in [-0.3, -0.25) is 0 Å². The van der Waals surface area contributed by atoms with Gasteiger partial charge in [0.25, 0.3) is 0 Å². The second-order valence-corrected chi connectivity index (χ2v) is 5.00. The fourth-order valence-corrected chi connectivity index (χ4v) is 2.25. The maximum absolute atomic E-state index is 11.3. The molecule has 2 N–H and O–H groups in total. The van der Waals surface area contributed by atoms with Gasteiger partial charge in [0.2, 0.25) is 0 Å². The van der Waals surface area contributed by atoms with Gasteiger partial charge in [-0.2, -0.15) is 0 Å². The van der Waals surface area contributed by atoms with Gasteiger partial charge >= 0.3 is 6.03 Å². The lowest BCUT2D eigenvalue weighted by Gasteiger charge is -2.20. The molecule has 0 aliphatic carbocycles. The summed E-state index contributed by atoms with van der Waals surface area (Å²) in [4.78, 5) is 13.8. The van der Waals surface area contributed by atoms with Crippen LogP contribution in [0.1, 0.15) is 32.3 Å². The van der Waals surface area contributed by atoms with Crippen molar-refractivity contribution in [1.29, 1.82) is 0 Å². The molecule has 21 heavy (non-hydrogen) atoms. The van der Waals surface area contributed by atoms with Crippen LogP contribution in [0.5, 0.6) is 0 Å². The minimum Gasteiger partial charge on any atom is -0.341 e. The zero-order chi connectivity index (χ0) is 14.8. The molecule has 0 aliphatic heterocycles. The standard InChI is InChI=1S/C16H27N3O.ClH/c1-4-10-19(11-5-2)12-9-14-7-6-8-15(13-14)18-16(20)17-3;/h6-8,13H,4-5,9-12H2,1-3H3,(H2,17,18,20);1H. The van der Waals surface area contributed by atoms with Crippen molar-refractivity contribution in [3.63, 3.8) is 0 Å².